The number of rotatable bonds is 6. The number of methoxy groups -OCH3 is 1. The van der Waals surface area contributed by atoms with Gasteiger partial charge in [-0.3, -0.25) is 4.79 Å². The van der Waals surface area contributed by atoms with Gasteiger partial charge in [0.05, 0.1) is 23.2 Å². The first kappa shape index (κ1) is 19.3. The first-order valence-electron chi connectivity index (χ1n) is 7.20. The van der Waals surface area contributed by atoms with Crippen LogP contribution < -0.4 is 14.8 Å². The number of alkyl halides is 2. The summed E-state index contributed by atoms with van der Waals surface area (Å²) in [5.41, 5.74) is 0.861. The second-order valence-corrected chi connectivity index (χ2v) is 5.93. The van der Waals surface area contributed by atoms with Crippen LogP contribution in [-0.2, 0) is 0 Å². The molecule has 2 aromatic carbocycles. The average Bonchev–Trinajstić information content (AvgIpc) is 2.54. The number of hydrogen-bond acceptors (Lipinski definition) is 3. The lowest BCUT2D eigenvalue weighted by atomic mass is 10.1. The SMILES string of the molecule is COc1c(Cl)cc(C(=O)NC(C)c2cccc(OC(F)F)c2)cc1Cl. The molecule has 0 saturated heterocycles. The minimum Gasteiger partial charge on any atom is -0.494 e. The van der Waals surface area contributed by atoms with Gasteiger partial charge in [-0.05, 0) is 36.8 Å². The Balaban J connectivity index is 2.15. The molecule has 8 heteroatoms. The molecule has 1 unspecified atom stereocenters. The second kappa shape index (κ2) is 8.36. The van der Waals surface area contributed by atoms with Gasteiger partial charge in [-0.25, -0.2) is 0 Å². The van der Waals surface area contributed by atoms with Crippen LogP contribution in [0.15, 0.2) is 36.4 Å². The Hall–Kier alpha value is -2.05. The monoisotopic (exact) mass is 389 g/mol. The van der Waals surface area contributed by atoms with Crippen molar-refractivity contribution in [3.05, 3.63) is 57.6 Å². The summed E-state index contributed by atoms with van der Waals surface area (Å²) in [4.78, 5) is 12.4. The van der Waals surface area contributed by atoms with Crippen LogP contribution in [0.25, 0.3) is 0 Å². The molecule has 1 amide bonds. The number of halogens is 4. The van der Waals surface area contributed by atoms with Gasteiger partial charge in [0.2, 0.25) is 0 Å². The quantitative estimate of drug-likeness (QED) is 0.747. The molecule has 2 rings (SSSR count). The Morgan fingerprint density at radius 2 is 1.80 bits per heavy atom. The van der Waals surface area contributed by atoms with Crippen molar-refractivity contribution >= 4 is 29.1 Å². The Morgan fingerprint density at radius 1 is 1.16 bits per heavy atom. The summed E-state index contributed by atoms with van der Waals surface area (Å²) < 4.78 is 34.0. The van der Waals surface area contributed by atoms with Crippen LogP contribution in [-0.4, -0.2) is 19.6 Å². The van der Waals surface area contributed by atoms with Crippen molar-refractivity contribution in [3.8, 4) is 11.5 Å². The Labute approximate surface area is 153 Å². The zero-order chi connectivity index (χ0) is 18.6. The van der Waals surface area contributed by atoms with Crippen LogP contribution in [0.3, 0.4) is 0 Å². The predicted octanol–water partition coefficient (Wildman–Crippen LogP) is 5.09. The van der Waals surface area contributed by atoms with Crippen molar-refractivity contribution < 1.29 is 23.0 Å². The number of hydrogen-bond donors (Lipinski definition) is 1. The van der Waals surface area contributed by atoms with Gasteiger partial charge in [-0.15, -0.1) is 0 Å². The van der Waals surface area contributed by atoms with Gasteiger partial charge in [0.25, 0.3) is 5.91 Å². The maximum absolute atomic E-state index is 12.4. The van der Waals surface area contributed by atoms with E-state index in [9.17, 15) is 13.6 Å². The molecule has 0 aliphatic carbocycles. The van der Waals surface area contributed by atoms with E-state index in [1.54, 1.807) is 19.1 Å². The molecule has 0 heterocycles. The highest BCUT2D eigenvalue weighted by Crippen LogP contribution is 2.34. The highest BCUT2D eigenvalue weighted by molar-refractivity contribution is 6.37. The number of carbonyl (C=O) groups is 1. The van der Waals surface area contributed by atoms with E-state index in [2.05, 4.69) is 10.1 Å². The van der Waals surface area contributed by atoms with E-state index in [0.29, 0.717) is 5.56 Å². The molecule has 134 valence electrons. The Bertz CT molecular complexity index is 748. The number of nitrogens with one attached hydrogen (secondary N) is 1. The van der Waals surface area contributed by atoms with Crippen LogP contribution in [0.4, 0.5) is 8.78 Å². The normalized spacial score (nSPS) is 12.0. The zero-order valence-electron chi connectivity index (χ0n) is 13.4. The van der Waals surface area contributed by atoms with E-state index in [4.69, 9.17) is 27.9 Å². The van der Waals surface area contributed by atoms with Gasteiger partial charge in [0.1, 0.15) is 5.75 Å². The number of amides is 1. The predicted molar refractivity (Wildman–Crippen MR) is 92.0 cm³/mol. The standard InChI is InChI=1S/C17H15Cl2F2NO3/c1-9(10-4-3-5-12(6-10)25-17(20)21)22-16(23)11-7-13(18)15(24-2)14(19)8-11/h3-9,17H,1-2H3,(H,22,23). The van der Waals surface area contributed by atoms with E-state index in [0.717, 1.165) is 0 Å². The zero-order valence-corrected chi connectivity index (χ0v) is 14.9. The highest BCUT2D eigenvalue weighted by atomic mass is 35.5. The molecule has 25 heavy (non-hydrogen) atoms. The smallest absolute Gasteiger partial charge is 0.387 e. The molecule has 0 radical (unpaired) electrons. The van der Waals surface area contributed by atoms with Crippen molar-refractivity contribution in [3.63, 3.8) is 0 Å². The topological polar surface area (TPSA) is 47.6 Å². The van der Waals surface area contributed by atoms with Crippen LogP contribution >= 0.6 is 23.2 Å². The van der Waals surface area contributed by atoms with E-state index in [-0.39, 0.29) is 27.1 Å². The highest BCUT2D eigenvalue weighted by Gasteiger charge is 2.16. The van der Waals surface area contributed by atoms with Crippen LogP contribution in [0.2, 0.25) is 10.0 Å². The van der Waals surface area contributed by atoms with Gasteiger partial charge in [-0.2, -0.15) is 8.78 Å². The van der Waals surface area contributed by atoms with Crippen molar-refractivity contribution in [1.82, 2.24) is 5.32 Å². The lowest BCUT2D eigenvalue weighted by molar-refractivity contribution is -0.0499. The molecular formula is C17H15Cl2F2NO3. The molecule has 4 nitrogen and oxygen atoms in total. The van der Waals surface area contributed by atoms with Crippen LogP contribution in [0.1, 0.15) is 28.9 Å². The van der Waals surface area contributed by atoms with Crippen LogP contribution in [0, 0.1) is 0 Å². The Morgan fingerprint density at radius 3 is 2.36 bits per heavy atom. The Kier molecular flexibility index (Phi) is 6.45. The van der Waals surface area contributed by atoms with Crippen molar-refractivity contribution in [1.29, 1.82) is 0 Å². The van der Waals surface area contributed by atoms with E-state index >= 15 is 0 Å². The summed E-state index contributed by atoms with van der Waals surface area (Å²) in [5, 5.41) is 3.16. The number of carbonyl (C=O) groups excluding carboxylic acids is 1. The number of ether oxygens (including phenoxy) is 2. The van der Waals surface area contributed by atoms with Gasteiger partial charge >= 0.3 is 6.61 Å². The van der Waals surface area contributed by atoms with Crippen LogP contribution in [0.5, 0.6) is 11.5 Å². The third-order valence-corrected chi connectivity index (χ3v) is 3.96. The fraction of sp³-hybridized carbons (Fsp3) is 0.235. The fourth-order valence-electron chi connectivity index (χ4n) is 2.21. The third-order valence-electron chi connectivity index (χ3n) is 3.40. The van der Waals surface area contributed by atoms with Crippen molar-refractivity contribution in [2.75, 3.05) is 7.11 Å². The maximum atomic E-state index is 12.4. The molecule has 0 aliphatic rings. The maximum Gasteiger partial charge on any atom is 0.387 e. The van der Waals surface area contributed by atoms with E-state index < -0.39 is 18.6 Å². The van der Waals surface area contributed by atoms with Gasteiger partial charge < -0.3 is 14.8 Å². The van der Waals surface area contributed by atoms with Crippen molar-refractivity contribution in [2.24, 2.45) is 0 Å². The first-order chi connectivity index (χ1) is 11.8. The lowest BCUT2D eigenvalue weighted by Crippen LogP contribution is -2.26. The molecule has 0 fully saturated rings. The van der Waals surface area contributed by atoms with Gasteiger partial charge in [0, 0.05) is 5.56 Å². The molecule has 0 bridgehead atoms. The van der Waals surface area contributed by atoms with E-state index in [1.165, 1.54) is 31.4 Å². The summed E-state index contributed by atoms with van der Waals surface area (Å²) in [6.45, 7) is -1.20. The third kappa shape index (κ3) is 4.96. The second-order valence-electron chi connectivity index (χ2n) is 5.12. The summed E-state index contributed by atoms with van der Waals surface area (Å²) in [7, 11) is 1.42. The molecular weight excluding hydrogens is 375 g/mol. The summed E-state index contributed by atoms with van der Waals surface area (Å²) in [5.74, 6) is -0.118. The molecule has 2 aromatic rings. The minimum absolute atomic E-state index is 0.0177. The molecule has 0 aliphatic heterocycles. The minimum atomic E-state index is -2.91. The molecule has 1 atom stereocenters. The van der Waals surface area contributed by atoms with Gasteiger partial charge in [0.15, 0.2) is 5.75 Å². The molecule has 0 spiro atoms. The average molecular weight is 390 g/mol. The number of benzene rings is 2. The molecule has 1 N–H and O–H groups in total. The molecule has 0 saturated carbocycles. The molecule has 0 aromatic heterocycles. The first-order valence-corrected chi connectivity index (χ1v) is 7.96. The summed E-state index contributed by atoms with van der Waals surface area (Å²) in [6.07, 6.45) is 0. The fourth-order valence-corrected chi connectivity index (χ4v) is 2.85. The van der Waals surface area contributed by atoms with Crippen molar-refractivity contribution in [2.45, 2.75) is 19.6 Å². The largest absolute Gasteiger partial charge is 0.494 e. The van der Waals surface area contributed by atoms with E-state index in [1.807, 2.05) is 0 Å². The lowest BCUT2D eigenvalue weighted by Gasteiger charge is -2.16. The van der Waals surface area contributed by atoms with Gasteiger partial charge in [-0.1, -0.05) is 35.3 Å². The summed E-state index contributed by atoms with van der Waals surface area (Å²) in [6, 6.07) is 8.52. The summed E-state index contributed by atoms with van der Waals surface area (Å²) >= 11 is 12.0.